The van der Waals surface area contributed by atoms with Gasteiger partial charge in [0.25, 0.3) is 5.78 Å². The first kappa shape index (κ1) is 14.2. The number of rotatable bonds is 2. The predicted octanol–water partition coefficient (Wildman–Crippen LogP) is 2.93. The Balaban J connectivity index is 2.05. The third-order valence-corrected chi connectivity index (χ3v) is 3.95. The first-order valence-electron chi connectivity index (χ1n) is 7.19. The third kappa shape index (κ3) is 3.04. The zero-order chi connectivity index (χ0) is 14.2. The largest absolute Gasteiger partial charge is 0.597 e. The van der Waals surface area contributed by atoms with E-state index in [1.165, 1.54) is 25.7 Å². The van der Waals surface area contributed by atoms with E-state index in [1.807, 2.05) is 20.8 Å². The smallest absolute Gasteiger partial charge is 0.406 e. The highest BCUT2D eigenvalue weighted by molar-refractivity contribution is 6.42. The van der Waals surface area contributed by atoms with E-state index in [9.17, 15) is 9.59 Å². The number of hydrogen-bond donors (Lipinski definition) is 0. The maximum Gasteiger partial charge on any atom is 0.597 e. The maximum absolute atomic E-state index is 12.1. The molecule has 4 heteroatoms. The number of ketones is 1. The fraction of sp³-hybridized carbons (Fsp3) is 0.800. The van der Waals surface area contributed by atoms with Crippen molar-refractivity contribution < 1.29 is 18.9 Å². The summed E-state index contributed by atoms with van der Waals surface area (Å²) in [4.78, 5) is 24.1. The minimum absolute atomic E-state index is 0.109. The Morgan fingerprint density at radius 3 is 2.42 bits per heavy atom. The molecule has 4 nitrogen and oxygen atoms in total. The molecule has 1 fully saturated rings. The number of amides is 1. The number of carbonyl (C=O) groups excluding carboxylic acids is 2. The lowest BCUT2D eigenvalue weighted by Crippen LogP contribution is -2.56. The van der Waals surface area contributed by atoms with Crippen molar-refractivity contribution in [2.24, 2.45) is 5.92 Å². The van der Waals surface area contributed by atoms with Crippen molar-refractivity contribution in [1.29, 1.82) is 0 Å². The molecule has 0 radical (unpaired) electrons. The first-order valence-corrected chi connectivity index (χ1v) is 7.19. The maximum atomic E-state index is 12.1. The molecule has 0 saturated heterocycles. The van der Waals surface area contributed by atoms with E-state index in [4.69, 9.17) is 4.74 Å². The molecular formula is C15H24NO3+. The van der Waals surface area contributed by atoms with Gasteiger partial charge >= 0.3 is 6.09 Å². The van der Waals surface area contributed by atoms with Gasteiger partial charge in [-0.15, -0.1) is 4.58 Å². The minimum Gasteiger partial charge on any atom is -0.406 e. The van der Waals surface area contributed by atoms with Gasteiger partial charge in [-0.25, -0.2) is 0 Å². The second-order valence-corrected chi connectivity index (χ2v) is 6.70. The fourth-order valence-corrected chi connectivity index (χ4v) is 2.99. The van der Waals surface area contributed by atoms with Crippen molar-refractivity contribution in [3.05, 3.63) is 0 Å². The lowest BCUT2D eigenvalue weighted by atomic mass is 9.89. The van der Waals surface area contributed by atoms with Crippen LogP contribution in [0.4, 0.5) is 4.79 Å². The molecule has 0 bridgehead atoms. The van der Waals surface area contributed by atoms with Crippen LogP contribution in [0, 0.1) is 5.92 Å². The second kappa shape index (κ2) is 5.06. The van der Waals surface area contributed by atoms with E-state index in [1.54, 1.807) is 11.5 Å². The van der Waals surface area contributed by atoms with Crippen molar-refractivity contribution in [3.63, 3.8) is 0 Å². The van der Waals surface area contributed by atoms with E-state index < -0.39 is 5.60 Å². The Hall–Kier alpha value is -1.19. The van der Waals surface area contributed by atoms with Gasteiger partial charge in [0.2, 0.25) is 11.8 Å². The van der Waals surface area contributed by atoms with Crippen LogP contribution in [0.15, 0.2) is 0 Å². The zero-order valence-electron chi connectivity index (χ0n) is 12.4. The van der Waals surface area contributed by atoms with Crippen molar-refractivity contribution in [1.82, 2.24) is 0 Å². The van der Waals surface area contributed by atoms with Gasteiger partial charge in [-0.05, 0) is 26.7 Å². The van der Waals surface area contributed by atoms with Crippen LogP contribution in [-0.4, -0.2) is 33.8 Å². The molecule has 0 N–H and O–H groups in total. The average molecular weight is 266 g/mol. The molecule has 1 heterocycles. The molecule has 1 amide bonds. The summed E-state index contributed by atoms with van der Waals surface area (Å²) in [5, 5.41) is 0. The van der Waals surface area contributed by atoms with Crippen LogP contribution >= 0.6 is 0 Å². The molecule has 0 aromatic heterocycles. The molecule has 1 unspecified atom stereocenters. The number of ether oxygens (including phenoxy) is 1. The van der Waals surface area contributed by atoms with Gasteiger partial charge in [0.1, 0.15) is 5.60 Å². The Labute approximate surface area is 114 Å². The summed E-state index contributed by atoms with van der Waals surface area (Å²) in [5.74, 6) is 0.699. The Morgan fingerprint density at radius 1 is 1.32 bits per heavy atom. The average Bonchev–Trinajstić information content (AvgIpc) is 2.78. The van der Waals surface area contributed by atoms with Crippen molar-refractivity contribution in [3.8, 4) is 0 Å². The highest BCUT2D eigenvalue weighted by Crippen LogP contribution is 2.31. The van der Waals surface area contributed by atoms with Gasteiger partial charge < -0.3 is 4.74 Å². The first-order chi connectivity index (χ1) is 8.79. The molecule has 19 heavy (non-hydrogen) atoms. The molecule has 1 aliphatic heterocycles. The van der Waals surface area contributed by atoms with E-state index in [-0.39, 0.29) is 17.9 Å². The van der Waals surface area contributed by atoms with Crippen molar-refractivity contribution in [2.75, 3.05) is 0 Å². The quantitative estimate of drug-likeness (QED) is 0.722. The minimum atomic E-state index is -0.520. The van der Waals surface area contributed by atoms with Gasteiger partial charge in [0.05, 0.1) is 0 Å². The van der Waals surface area contributed by atoms with Gasteiger partial charge in [0.15, 0.2) is 0 Å². The monoisotopic (exact) mass is 266 g/mol. The van der Waals surface area contributed by atoms with Crippen molar-refractivity contribution in [2.45, 2.75) is 71.4 Å². The SMILES string of the molecule is CC1=[N+](C(=O)OC(C)(C)C)C(CC2CCCC2)C1=O. The van der Waals surface area contributed by atoms with Crippen LogP contribution < -0.4 is 0 Å². The third-order valence-electron chi connectivity index (χ3n) is 3.95. The summed E-state index contributed by atoms with van der Waals surface area (Å²) in [6, 6.07) is -0.280. The highest BCUT2D eigenvalue weighted by atomic mass is 16.6. The Morgan fingerprint density at radius 2 is 1.89 bits per heavy atom. The van der Waals surface area contributed by atoms with E-state index in [0.717, 1.165) is 6.42 Å². The van der Waals surface area contributed by atoms with Crippen LogP contribution in [0.2, 0.25) is 0 Å². The summed E-state index contributed by atoms with van der Waals surface area (Å²) >= 11 is 0. The normalized spacial score (nSPS) is 24.6. The Kier molecular flexibility index (Phi) is 3.79. The van der Waals surface area contributed by atoms with Crippen molar-refractivity contribution >= 4 is 17.6 Å². The van der Waals surface area contributed by atoms with Gasteiger partial charge in [-0.3, -0.25) is 4.79 Å². The zero-order valence-corrected chi connectivity index (χ0v) is 12.4. The lowest BCUT2D eigenvalue weighted by Gasteiger charge is -2.25. The van der Waals surface area contributed by atoms with Crippen LogP contribution in [-0.2, 0) is 9.53 Å². The molecule has 106 valence electrons. The van der Waals surface area contributed by atoms with Crippen LogP contribution in [0.25, 0.3) is 0 Å². The molecule has 0 spiro atoms. The molecule has 1 atom stereocenters. The van der Waals surface area contributed by atoms with Gasteiger partial charge in [0, 0.05) is 13.3 Å². The number of Topliss-reactive ketones (excluding diaryl/α,β-unsaturated/α-hetero) is 1. The van der Waals surface area contributed by atoms with E-state index >= 15 is 0 Å². The van der Waals surface area contributed by atoms with E-state index in [2.05, 4.69) is 0 Å². The summed E-state index contributed by atoms with van der Waals surface area (Å²) in [6.07, 6.45) is 5.29. The summed E-state index contributed by atoms with van der Waals surface area (Å²) in [6.45, 7) is 7.23. The molecule has 0 aromatic rings. The Bertz CT molecular complexity index is 425. The number of nitrogens with zero attached hydrogens (tertiary/aromatic N) is 1. The lowest BCUT2D eigenvalue weighted by molar-refractivity contribution is -0.495. The standard InChI is InChI=1S/C15H24NO3/c1-10-13(17)12(9-11-7-5-6-8-11)16(10)14(18)19-15(2,3)4/h11-12H,5-9H2,1-4H3/q+1. The summed E-state index contributed by atoms with van der Waals surface area (Å²) in [7, 11) is 0. The second-order valence-electron chi connectivity index (χ2n) is 6.70. The van der Waals surface area contributed by atoms with Crippen LogP contribution in [0.3, 0.4) is 0 Å². The summed E-state index contributed by atoms with van der Waals surface area (Å²) in [5.41, 5.74) is 0.00530. The molecule has 2 rings (SSSR count). The van der Waals surface area contributed by atoms with Crippen LogP contribution in [0.5, 0.6) is 0 Å². The van der Waals surface area contributed by atoms with Crippen LogP contribution in [0.1, 0.15) is 59.8 Å². The number of carbonyl (C=O) groups is 2. The molecular weight excluding hydrogens is 242 g/mol. The topological polar surface area (TPSA) is 46.4 Å². The number of hydrogen-bond acceptors (Lipinski definition) is 3. The highest BCUT2D eigenvalue weighted by Gasteiger charge is 2.52. The fourth-order valence-electron chi connectivity index (χ4n) is 2.99. The van der Waals surface area contributed by atoms with Gasteiger partial charge in [-0.2, -0.15) is 4.79 Å². The predicted molar refractivity (Wildman–Crippen MR) is 72.5 cm³/mol. The van der Waals surface area contributed by atoms with E-state index in [0.29, 0.717) is 11.6 Å². The summed E-state index contributed by atoms with van der Waals surface area (Å²) < 4.78 is 6.92. The molecule has 1 aliphatic carbocycles. The molecule has 0 aromatic carbocycles. The molecule has 2 aliphatic rings. The van der Waals surface area contributed by atoms with Gasteiger partial charge in [-0.1, -0.05) is 25.7 Å². The molecule has 1 saturated carbocycles.